The van der Waals surface area contributed by atoms with Gasteiger partial charge in [-0.2, -0.15) is 0 Å². The van der Waals surface area contributed by atoms with Crippen LogP contribution in [-0.2, 0) is 0 Å². The van der Waals surface area contributed by atoms with E-state index < -0.39 is 0 Å². The minimum absolute atomic E-state index is 0.146. The van der Waals surface area contributed by atoms with Crippen LogP contribution in [0.25, 0.3) is 0 Å². The summed E-state index contributed by atoms with van der Waals surface area (Å²) in [5.41, 5.74) is 1.18. The SMILES string of the molecule is CCCCCCN(C)c1ccc([N+](=O)[O-])cc1. The molecule has 0 aromatic heterocycles. The molecule has 0 aliphatic heterocycles. The lowest BCUT2D eigenvalue weighted by atomic mass is 10.2. The third-order valence-electron chi connectivity index (χ3n) is 2.85. The number of nitro groups is 1. The van der Waals surface area contributed by atoms with E-state index in [1.165, 1.54) is 25.7 Å². The Kier molecular flexibility index (Phi) is 5.46. The number of non-ortho nitro benzene ring substituents is 1. The molecule has 0 bridgehead atoms. The highest BCUT2D eigenvalue weighted by Gasteiger charge is 2.06. The zero-order valence-corrected chi connectivity index (χ0v) is 10.6. The number of anilines is 1. The molecule has 0 saturated heterocycles. The number of hydrogen-bond donors (Lipinski definition) is 0. The molecule has 0 unspecified atom stereocenters. The molecule has 0 amide bonds. The maximum atomic E-state index is 10.5. The number of unbranched alkanes of at least 4 members (excludes halogenated alkanes) is 3. The van der Waals surface area contributed by atoms with Crippen LogP contribution in [0, 0.1) is 10.1 Å². The quantitative estimate of drug-likeness (QED) is 0.412. The van der Waals surface area contributed by atoms with Crippen LogP contribution in [0.2, 0.25) is 0 Å². The highest BCUT2D eigenvalue weighted by atomic mass is 16.6. The number of nitro benzene ring substituents is 1. The van der Waals surface area contributed by atoms with E-state index in [0.29, 0.717) is 0 Å². The van der Waals surface area contributed by atoms with Crippen molar-refractivity contribution < 1.29 is 4.92 Å². The van der Waals surface area contributed by atoms with Crippen molar-refractivity contribution in [3.8, 4) is 0 Å². The molecule has 0 aliphatic rings. The molecule has 17 heavy (non-hydrogen) atoms. The van der Waals surface area contributed by atoms with Crippen LogP contribution in [0.4, 0.5) is 11.4 Å². The van der Waals surface area contributed by atoms with E-state index in [0.717, 1.165) is 12.2 Å². The number of hydrogen-bond acceptors (Lipinski definition) is 3. The summed E-state index contributed by atoms with van der Waals surface area (Å²) in [6.07, 6.45) is 4.92. The maximum absolute atomic E-state index is 10.5. The summed E-state index contributed by atoms with van der Waals surface area (Å²) < 4.78 is 0. The van der Waals surface area contributed by atoms with E-state index in [2.05, 4.69) is 11.8 Å². The summed E-state index contributed by atoms with van der Waals surface area (Å²) in [7, 11) is 2.02. The molecule has 0 atom stereocenters. The second kappa shape index (κ2) is 6.89. The third-order valence-corrected chi connectivity index (χ3v) is 2.85. The molecule has 1 aromatic rings. The Morgan fingerprint density at radius 2 is 1.82 bits per heavy atom. The third kappa shape index (κ3) is 4.43. The summed E-state index contributed by atoms with van der Waals surface area (Å²) >= 11 is 0. The Bertz CT molecular complexity index is 349. The summed E-state index contributed by atoms with van der Waals surface area (Å²) in [5, 5.41) is 10.5. The van der Waals surface area contributed by atoms with E-state index in [1.807, 2.05) is 7.05 Å². The topological polar surface area (TPSA) is 46.4 Å². The molecule has 4 nitrogen and oxygen atoms in total. The van der Waals surface area contributed by atoms with Gasteiger partial charge < -0.3 is 4.90 Å². The minimum atomic E-state index is -0.370. The molecule has 94 valence electrons. The molecule has 0 saturated carbocycles. The van der Waals surface area contributed by atoms with Gasteiger partial charge in [-0.3, -0.25) is 10.1 Å². The Balaban J connectivity index is 2.46. The molecule has 0 aliphatic carbocycles. The predicted molar refractivity (Wildman–Crippen MR) is 70.5 cm³/mol. The van der Waals surface area contributed by atoms with E-state index in [9.17, 15) is 10.1 Å². The zero-order valence-electron chi connectivity index (χ0n) is 10.6. The van der Waals surface area contributed by atoms with Gasteiger partial charge >= 0.3 is 0 Å². The second-order valence-electron chi connectivity index (χ2n) is 4.26. The van der Waals surface area contributed by atoms with Crippen molar-refractivity contribution in [1.82, 2.24) is 0 Å². The number of rotatable bonds is 7. The first-order chi connectivity index (χ1) is 8.15. The first-order valence-corrected chi connectivity index (χ1v) is 6.10. The van der Waals surface area contributed by atoms with Crippen molar-refractivity contribution in [2.24, 2.45) is 0 Å². The lowest BCUT2D eigenvalue weighted by molar-refractivity contribution is -0.384. The van der Waals surface area contributed by atoms with Gasteiger partial charge in [0.2, 0.25) is 0 Å². The Hall–Kier alpha value is -1.58. The normalized spacial score (nSPS) is 10.2. The smallest absolute Gasteiger partial charge is 0.269 e. The molecular weight excluding hydrogens is 216 g/mol. The van der Waals surface area contributed by atoms with Gasteiger partial charge in [-0.05, 0) is 18.6 Å². The fraction of sp³-hybridized carbons (Fsp3) is 0.538. The molecule has 0 heterocycles. The Morgan fingerprint density at radius 1 is 1.18 bits per heavy atom. The van der Waals surface area contributed by atoms with E-state index in [4.69, 9.17) is 0 Å². The van der Waals surface area contributed by atoms with Gasteiger partial charge in [-0.1, -0.05) is 26.2 Å². The molecule has 1 aromatic carbocycles. The van der Waals surface area contributed by atoms with Crippen molar-refractivity contribution >= 4 is 11.4 Å². The first-order valence-electron chi connectivity index (χ1n) is 6.10. The van der Waals surface area contributed by atoms with Gasteiger partial charge in [0, 0.05) is 31.4 Å². The van der Waals surface area contributed by atoms with Crippen molar-refractivity contribution in [2.75, 3.05) is 18.5 Å². The summed E-state index contributed by atoms with van der Waals surface area (Å²) in [4.78, 5) is 12.3. The van der Waals surface area contributed by atoms with Crippen molar-refractivity contribution in [3.05, 3.63) is 34.4 Å². The van der Waals surface area contributed by atoms with E-state index in [1.54, 1.807) is 24.3 Å². The van der Waals surface area contributed by atoms with Gasteiger partial charge in [0.25, 0.3) is 5.69 Å². The van der Waals surface area contributed by atoms with Crippen molar-refractivity contribution in [3.63, 3.8) is 0 Å². The largest absolute Gasteiger partial charge is 0.375 e. The lowest BCUT2D eigenvalue weighted by Crippen LogP contribution is -2.18. The number of benzene rings is 1. The van der Waals surface area contributed by atoms with Crippen LogP contribution in [0.3, 0.4) is 0 Å². The summed E-state index contributed by atoms with van der Waals surface area (Å²) in [6, 6.07) is 6.71. The Morgan fingerprint density at radius 3 is 2.35 bits per heavy atom. The van der Waals surface area contributed by atoms with Crippen LogP contribution in [-0.4, -0.2) is 18.5 Å². The van der Waals surface area contributed by atoms with Gasteiger partial charge in [0.15, 0.2) is 0 Å². The summed E-state index contributed by atoms with van der Waals surface area (Å²) in [5.74, 6) is 0. The van der Waals surface area contributed by atoms with Crippen LogP contribution < -0.4 is 4.90 Å². The molecule has 0 N–H and O–H groups in total. The van der Waals surface area contributed by atoms with Gasteiger partial charge in [-0.15, -0.1) is 0 Å². The molecule has 0 radical (unpaired) electrons. The second-order valence-corrected chi connectivity index (χ2v) is 4.26. The molecule has 1 rings (SSSR count). The minimum Gasteiger partial charge on any atom is -0.375 e. The van der Waals surface area contributed by atoms with Crippen molar-refractivity contribution in [1.29, 1.82) is 0 Å². The first kappa shape index (κ1) is 13.5. The van der Waals surface area contributed by atoms with Gasteiger partial charge in [-0.25, -0.2) is 0 Å². The maximum Gasteiger partial charge on any atom is 0.269 e. The average molecular weight is 236 g/mol. The fourth-order valence-electron chi connectivity index (χ4n) is 1.73. The predicted octanol–water partition coefficient (Wildman–Crippen LogP) is 3.61. The van der Waals surface area contributed by atoms with Crippen LogP contribution in [0.15, 0.2) is 24.3 Å². The summed E-state index contributed by atoms with van der Waals surface area (Å²) in [6.45, 7) is 3.19. The molecule has 0 spiro atoms. The lowest BCUT2D eigenvalue weighted by Gasteiger charge is -2.18. The van der Waals surface area contributed by atoms with E-state index in [-0.39, 0.29) is 10.6 Å². The van der Waals surface area contributed by atoms with Crippen molar-refractivity contribution in [2.45, 2.75) is 32.6 Å². The fourth-order valence-corrected chi connectivity index (χ4v) is 1.73. The molecule has 0 fully saturated rings. The van der Waals surface area contributed by atoms with Gasteiger partial charge in [0.1, 0.15) is 0 Å². The molecular formula is C13H20N2O2. The Labute approximate surface area is 102 Å². The monoisotopic (exact) mass is 236 g/mol. The van der Waals surface area contributed by atoms with Crippen LogP contribution >= 0.6 is 0 Å². The van der Waals surface area contributed by atoms with Gasteiger partial charge in [0.05, 0.1) is 4.92 Å². The average Bonchev–Trinajstić information content (AvgIpc) is 2.34. The standard InChI is InChI=1S/C13H20N2O2/c1-3-4-5-6-11-14(2)12-7-9-13(10-8-12)15(16)17/h7-10H,3-6,11H2,1-2H3. The van der Waals surface area contributed by atoms with E-state index >= 15 is 0 Å². The highest BCUT2D eigenvalue weighted by Crippen LogP contribution is 2.18. The van der Waals surface area contributed by atoms with Crippen LogP contribution in [0.5, 0.6) is 0 Å². The van der Waals surface area contributed by atoms with Crippen LogP contribution in [0.1, 0.15) is 32.6 Å². The highest BCUT2D eigenvalue weighted by molar-refractivity contribution is 5.50. The zero-order chi connectivity index (χ0) is 12.7. The number of nitrogens with zero attached hydrogens (tertiary/aromatic N) is 2. The molecule has 4 heteroatoms.